The zero-order chi connectivity index (χ0) is 23.6. The standard InChI is InChI=1S/C27H33NO5/c1-26(2,3)33-25(30)28-13-11-27(12-14-28)16-21-8-5-20(15-23(21)24(27)29)18-32-17-19-6-9-22(31-4)10-7-19/h5-10,15H,11-14,16-18H2,1-4H3. The van der Waals surface area contributed by atoms with Crippen LogP contribution in [0.5, 0.6) is 5.75 Å². The lowest BCUT2D eigenvalue weighted by Gasteiger charge is -2.38. The minimum absolute atomic E-state index is 0.207. The molecule has 2 aliphatic rings. The lowest BCUT2D eigenvalue weighted by atomic mass is 9.75. The summed E-state index contributed by atoms with van der Waals surface area (Å²) in [6, 6.07) is 13.9. The third-order valence-electron chi connectivity index (χ3n) is 6.50. The highest BCUT2D eigenvalue weighted by Gasteiger charge is 2.48. The summed E-state index contributed by atoms with van der Waals surface area (Å²) >= 11 is 0. The minimum atomic E-state index is -0.516. The Morgan fingerprint density at radius 2 is 1.64 bits per heavy atom. The van der Waals surface area contributed by atoms with Crippen LogP contribution in [0.25, 0.3) is 0 Å². The number of benzene rings is 2. The van der Waals surface area contributed by atoms with Gasteiger partial charge in [-0.3, -0.25) is 4.79 Å². The summed E-state index contributed by atoms with van der Waals surface area (Å²) in [5.74, 6) is 1.03. The molecule has 176 valence electrons. The number of amides is 1. The number of rotatable bonds is 5. The predicted molar refractivity (Wildman–Crippen MR) is 125 cm³/mol. The van der Waals surface area contributed by atoms with Gasteiger partial charge < -0.3 is 19.1 Å². The van der Waals surface area contributed by atoms with E-state index in [0.717, 1.165) is 34.4 Å². The van der Waals surface area contributed by atoms with Crippen molar-refractivity contribution >= 4 is 11.9 Å². The first-order valence-corrected chi connectivity index (χ1v) is 11.5. The number of Topliss-reactive ketones (excluding diaryl/α,β-unsaturated/α-hetero) is 1. The number of ether oxygens (including phenoxy) is 3. The van der Waals surface area contributed by atoms with Gasteiger partial charge in [0, 0.05) is 24.1 Å². The van der Waals surface area contributed by atoms with Crippen molar-refractivity contribution in [2.75, 3.05) is 20.2 Å². The van der Waals surface area contributed by atoms with Gasteiger partial charge in [0.25, 0.3) is 0 Å². The van der Waals surface area contributed by atoms with Gasteiger partial charge >= 0.3 is 6.09 Å². The number of piperidine rings is 1. The van der Waals surface area contributed by atoms with E-state index in [4.69, 9.17) is 14.2 Å². The van der Waals surface area contributed by atoms with Crippen LogP contribution >= 0.6 is 0 Å². The van der Waals surface area contributed by atoms with Crippen LogP contribution in [0.2, 0.25) is 0 Å². The number of hydrogen-bond acceptors (Lipinski definition) is 5. The van der Waals surface area contributed by atoms with Crippen LogP contribution in [-0.2, 0) is 29.1 Å². The smallest absolute Gasteiger partial charge is 0.410 e. The van der Waals surface area contributed by atoms with E-state index in [0.29, 0.717) is 39.1 Å². The molecule has 0 N–H and O–H groups in total. The second-order valence-electron chi connectivity index (χ2n) is 10.1. The molecule has 1 heterocycles. The number of fused-ring (bicyclic) bond motifs is 1. The van der Waals surface area contributed by atoms with E-state index < -0.39 is 11.0 Å². The summed E-state index contributed by atoms with van der Waals surface area (Å²) < 4.78 is 16.6. The fourth-order valence-corrected chi connectivity index (χ4v) is 4.67. The number of carbonyl (C=O) groups is 2. The SMILES string of the molecule is COc1ccc(COCc2ccc3c(c2)C(=O)C2(CCN(C(=O)OC(C)(C)C)CC2)C3)cc1. The van der Waals surface area contributed by atoms with Crippen molar-refractivity contribution in [1.82, 2.24) is 4.90 Å². The molecule has 0 saturated carbocycles. The van der Waals surface area contributed by atoms with Crippen molar-refractivity contribution in [2.45, 2.75) is 58.8 Å². The van der Waals surface area contributed by atoms with Gasteiger partial charge in [0.1, 0.15) is 11.4 Å². The maximum atomic E-state index is 13.4. The van der Waals surface area contributed by atoms with Gasteiger partial charge in [-0.15, -0.1) is 0 Å². The number of carbonyl (C=O) groups excluding carboxylic acids is 2. The van der Waals surface area contributed by atoms with Crippen molar-refractivity contribution in [3.63, 3.8) is 0 Å². The monoisotopic (exact) mass is 451 g/mol. The van der Waals surface area contributed by atoms with Crippen molar-refractivity contribution in [3.05, 3.63) is 64.7 Å². The van der Waals surface area contributed by atoms with Crippen molar-refractivity contribution in [3.8, 4) is 5.75 Å². The lowest BCUT2D eigenvalue weighted by Crippen LogP contribution is -2.47. The first-order valence-electron chi connectivity index (χ1n) is 11.5. The molecule has 33 heavy (non-hydrogen) atoms. The van der Waals surface area contributed by atoms with E-state index in [1.807, 2.05) is 51.1 Å². The third kappa shape index (κ3) is 5.22. The second kappa shape index (κ2) is 9.18. The van der Waals surface area contributed by atoms with Gasteiger partial charge in [0.15, 0.2) is 5.78 Å². The van der Waals surface area contributed by atoms with E-state index in [1.165, 1.54) is 0 Å². The molecule has 1 fully saturated rings. The lowest BCUT2D eigenvalue weighted by molar-refractivity contribution is 0.0114. The van der Waals surface area contributed by atoms with Crippen LogP contribution in [0.3, 0.4) is 0 Å². The average Bonchev–Trinajstić information content (AvgIpc) is 3.04. The maximum absolute atomic E-state index is 13.4. The fourth-order valence-electron chi connectivity index (χ4n) is 4.67. The summed E-state index contributed by atoms with van der Waals surface area (Å²) in [6.07, 6.45) is 1.79. The Hall–Kier alpha value is -2.86. The van der Waals surface area contributed by atoms with Gasteiger partial charge in [0.2, 0.25) is 0 Å². The Morgan fingerprint density at radius 3 is 2.27 bits per heavy atom. The topological polar surface area (TPSA) is 65.1 Å². The number of ketones is 1. The summed E-state index contributed by atoms with van der Waals surface area (Å²) in [5, 5.41) is 0. The molecule has 2 aromatic carbocycles. The molecule has 1 aliphatic carbocycles. The quantitative estimate of drug-likeness (QED) is 0.628. The maximum Gasteiger partial charge on any atom is 0.410 e. The zero-order valence-corrected chi connectivity index (χ0v) is 20.0. The number of nitrogens with zero attached hydrogens (tertiary/aromatic N) is 1. The van der Waals surface area contributed by atoms with Gasteiger partial charge in [-0.05, 0) is 74.9 Å². The molecule has 0 aromatic heterocycles. The molecule has 0 bridgehead atoms. The highest BCUT2D eigenvalue weighted by molar-refractivity contribution is 6.05. The summed E-state index contributed by atoms with van der Waals surface area (Å²) in [4.78, 5) is 27.5. The van der Waals surface area contributed by atoms with Crippen LogP contribution in [0.4, 0.5) is 4.79 Å². The minimum Gasteiger partial charge on any atom is -0.497 e. The average molecular weight is 452 g/mol. The molecule has 1 amide bonds. The van der Waals surface area contributed by atoms with E-state index in [9.17, 15) is 9.59 Å². The van der Waals surface area contributed by atoms with E-state index >= 15 is 0 Å². The van der Waals surface area contributed by atoms with Gasteiger partial charge in [-0.1, -0.05) is 24.3 Å². The zero-order valence-electron chi connectivity index (χ0n) is 20.0. The van der Waals surface area contributed by atoms with Crippen molar-refractivity contribution in [1.29, 1.82) is 0 Å². The fraction of sp³-hybridized carbons (Fsp3) is 0.481. The summed E-state index contributed by atoms with van der Waals surface area (Å²) in [7, 11) is 1.65. The number of methoxy groups -OCH3 is 1. The molecule has 1 spiro atoms. The summed E-state index contributed by atoms with van der Waals surface area (Å²) in [6.45, 7) is 7.65. The van der Waals surface area contributed by atoms with E-state index in [1.54, 1.807) is 12.0 Å². The number of likely N-dealkylation sites (tertiary alicyclic amines) is 1. The van der Waals surface area contributed by atoms with Crippen LogP contribution < -0.4 is 4.74 Å². The van der Waals surface area contributed by atoms with Crippen LogP contribution in [0.1, 0.15) is 60.7 Å². The molecule has 1 saturated heterocycles. The first-order chi connectivity index (χ1) is 15.7. The molecular weight excluding hydrogens is 418 g/mol. The van der Waals surface area contributed by atoms with Crippen molar-refractivity contribution < 1.29 is 23.8 Å². The predicted octanol–water partition coefficient (Wildman–Crippen LogP) is 5.17. The van der Waals surface area contributed by atoms with Crippen LogP contribution in [0.15, 0.2) is 42.5 Å². The molecule has 4 rings (SSSR count). The highest BCUT2D eigenvalue weighted by Crippen LogP contribution is 2.45. The normalized spacial score (nSPS) is 17.2. The highest BCUT2D eigenvalue weighted by atomic mass is 16.6. The van der Waals surface area contributed by atoms with Gasteiger partial charge in [0.05, 0.1) is 20.3 Å². The molecule has 0 radical (unpaired) electrons. The third-order valence-corrected chi connectivity index (χ3v) is 6.50. The number of hydrogen-bond donors (Lipinski definition) is 0. The Bertz CT molecular complexity index is 1010. The van der Waals surface area contributed by atoms with Crippen LogP contribution in [-0.4, -0.2) is 42.6 Å². The summed E-state index contributed by atoms with van der Waals surface area (Å²) in [5.41, 5.74) is 3.07. The van der Waals surface area contributed by atoms with Crippen molar-refractivity contribution in [2.24, 2.45) is 5.41 Å². The molecule has 6 heteroatoms. The molecule has 0 atom stereocenters. The Morgan fingerprint density at radius 1 is 1.00 bits per heavy atom. The first kappa shape index (κ1) is 23.3. The second-order valence-corrected chi connectivity index (χ2v) is 10.1. The molecule has 0 unspecified atom stereocenters. The van der Waals surface area contributed by atoms with E-state index in [-0.39, 0.29) is 11.9 Å². The largest absolute Gasteiger partial charge is 0.497 e. The molecule has 2 aromatic rings. The molecule has 6 nitrogen and oxygen atoms in total. The van der Waals surface area contributed by atoms with Gasteiger partial charge in [-0.2, -0.15) is 0 Å². The van der Waals surface area contributed by atoms with Gasteiger partial charge in [-0.25, -0.2) is 4.79 Å². The van der Waals surface area contributed by atoms with Crippen LogP contribution in [0, 0.1) is 5.41 Å². The molecular formula is C27H33NO5. The Balaban J connectivity index is 1.34. The van der Waals surface area contributed by atoms with E-state index in [2.05, 4.69) is 12.1 Å². The Kier molecular flexibility index (Phi) is 6.48. The Labute approximate surface area is 195 Å². The molecule has 1 aliphatic heterocycles.